The van der Waals surface area contributed by atoms with E-state index in [1.54, 1.807) is 0 Å². The Balaban J connectivity index is 0.000000720. The summed E-state index contributed by atoms with van der Waals surface area (Å²) in [6.07, 6.45) is 0. The van der Waals surface area contributed by atoms with Crippen LogP contribution >= 0.6 is 24.0 Å². The number of para-hydroxylation sites is 1. The van der Waals surface area contributed by atoms with Crippen LogP contribution < -0.4 is 0 Å². The number of rotatable bonds is 0. The third kappa shape index (κ3) is 1.40. The van der Waals surface area contributed by atoms with Crippen LogP contribution in [0.1, 0.15) is 5.56 Å². The number of H-pyrrole nitrogens is 1. The summed E-state index contributed by atoms with van der Waals surface area (Å²) in [5.41, 5.74) is 3.10. The van der Waals surface area contributed by atoms with Gasteiger partial charge in [0.25, 0.3) is 0 Å². The SMILES string of the molecule is Cc1cccc2[nH]c(Cl)nc12.Cl. The van der Waals surface area contributed by atoms with Crippen LogP contribution in [0.2, 0.25) is 5.28 Å². The van der Waals surface area contributed by atoms with Crippen molar-refractivity contribution >= 4 is 35.0 Å². The zero-order chi connectivity index (χ0) is 7.84. The molecule has 0 radical (unpaired) electrons. The summed E-state index contributed by atoms with van der Waals surface area (Å²) in [7, 11) is 0. The summed E-state index contributed by atoms with van der Waals surface area (Å²) >= 11 is 5.69. The lowest BCUT2D eigenvalue weighted by Gasteiger charge is -1.90. The fraction of sp³-hybridized carbons (Fsp3) is 0.125. The predicted molar refractivity (Wildman–Crippen MR) is 53.1 cm³/mol. The van der Waals surface area contributed by atoms with Gasteiger partial charge in [-0.2, -0.15) is 0 Å². The number of aromatic amines is 1. The van der Waals surface area contributed by atoms with Crippen molar-refractivity contribution in [3.05, 3.63) is 29.0 Å². The normalized spacial score (nSPS) is 9.83. The maximum absolute atomic E-state index is 5.69. The van der Waals surface area contributed by atoms with Crippen molar-refractivity contribution in [3.63, 3.8) is 0 Å². The highest BCUT2D eigenvalue weighted by molar-refractivity contribution is 6.29. The zero-order valence-electron chi connectivity index (χ0n) is 6.47. The maximum atomic E-state index is 5.69. The zero-order valence-corrected chi connectivity index (χ0v) is 8.04. The topological polar surface area (TPSA) is 28.7 Å². The van der Waals surface area contributed by atoms with Gasteiger partial charge < -0.3 is 4.98 Å². The molecule has 1 N–H and O–H groups in total. The van der Waals surface area contributed by atoms with Gasteiger partial charge >= 0.3 is 0 Å². The molecule has 0 bridgehead atoms. The summed E-state index contributed by atoms with van der Waals surface area (Å²) in [5, 5.41) is 0.453. The van der Waals surface area contributed by atoms with Crippen molar-refractivity contribution in [2.24, 2.45) is 0 Å². The van der Waals surface area contributed by atoms with Crippen LogP contribution in [0, 0.1) is 6.92 Å². The first-order valence-electron chi connectivity index (χ1n) is 3.38. The van der Waals surface area contributed by atoms with E-state index >= 15 is 0 Å². The highest BCUT2D eigenvalue weighted by atomic mass is 35.5. The van der Waals surface area contributed by atoms with E-state index in [1.807, 2.05) is 25.1 Å². The van der Waals surface area contributed by atoms with Gasteiger partial charge in [0.2, 0.25) is 5.28 Å². The predicted octanol–water partition coefficient (Wildman–Crippen LogP) is 2.95. The molecular weight excluding hydrogens is 195 g/mol. The lowest BCUT2D eigenvalue weighted by atomic mass is 10.2. The summed E-state index contributed by atoms with van der Waals surface area (Å²) in [4.78, 5) is 7.08. The van der Waals surface area contributed by atoms with Crippen molar-refractivity contribution in [2.45, 2.75) is 6.92 Å². The molecule has 0 aliphatic heterocycles. The Morgan fingerprint density at radius 2 is 2.17 bits per heavy atom. The smallest absolute Gasteiger partial charge is 0.201 e. The quantitative estimate of drug-likeness (QED) is 0.700. The summed E-state index contributed by atoms with van der Waals surface area (Å²) in [5.74, 6) is 0. The molecule has 12 heavy (non-hydrogen) atoms. The molecule has 2 nitrogen and oxygen atoms in total. The molecule has 0 saturated carbocycles. The van der Waals surface area contributed by atoms with E-state index in [4.69, 9.17) is 11.6 Å². The molecule has 0 saturated heterocycles. The number of halogens is 2. The minimum atomic E-state index is 0. The fourth-order valence-electron chi connectivity index (χ4n) is 1.15. The van der Waals surface area contributed by atoms with Crippen LogP contribution in [0.4, 0.5) is 0 Å². The number of aromatic nitrogens is 2. The molecule has 4 heteroatoms. The molecule has 1 aromatic carbocycles. The Kier molecular flexibility index (Phi) is 2.60. The molecule has 0 atom stereocenters. The third-order valence-corrected chi connectivity index (χ3v) is 1.86. The van der Waals surface area contributed by atoms with Gasteiger partial charge in [-0.15, -0.1) is 12.4 Å². The van der Waals surface area contributed by atoms with Crippen LogP contribution in [0.15, 0.2) is 18.2 Å². The van der Waals surface area contributed by atoms with Crippen LogP contribution in [0.5, 0.6) is 0 Å². The second kappa shape index (κ2) is 3.33. The van der Waals surface area contributed by atoms with Crippen molar-refractivity contribution < 1.29 is 0 Å². The summed E-state index contributed by atoms with van der Waals surface area (Å²) < 4.78 is 0. The van der Waals surface area contributed by atoms with E-state index < -0.39 is 0 Å². The van der Waals surface area contributed by atoms with E-state index in [1.165, 1.54) is 0 Å². The first kappa shape index (κ1) is 9.36. The number of imidazole rings is 1. The van der Waals surface area contributed by atoms with E-state index in [-0.39, 0.29) is 12.4 Å². The maximum Gasteiger partial charge on any atom is 0.201 e. The van der Waals surface area contributed by atoms with Crippen molar-refractivity contribution in [2.75, 3.05) is 0 Å². The van der Waals surface area contributed by atoms with Gasteiger partial charge in [-0.1, -0.05) is 12.1 Å². The van der Waals surface area contributed by atoms with Crippen LogP contribution in [-0.4, -0.2) is 9.97 Å². The van der Waals surface area contributed by atoms with E-state index in [9.17, 15) is 0 Å². The highest BCUT2D eigenvalue weighted by Crippen LogP contribution is 2.17. The van der Waals surface area contributed by atoms with Gasteiger partial charge in [-0.05, 0) is 30.2 Å². The summed E-state index contributed by atoms with van der Waals surface area (Å²) in [6.45, 7) is 2.01. The number of fused-ring (bicyclic) bond motifs is 1. The van der Waals surface area contributed by atoms with Crippen molar-refractivity contribution in [1.82, 2.24) is 9.97 Å². The Hall–Kier alpha value is -0.730. The van der Waals surface area contributed by atoms with Gasteiger partial charge in [-0.25, -0.2) is 4.98 Å². The number of benzene rings is 1. The summed E-state index contributed by atoms with van der Waals surface area (Å²) in [6, 6.07) is 5.95. The number of hydrogen-bond donors (Lipinski definition) is 1. The molecule has 0 unspecified atom stereocenters. The number of aryl methyl sites for hydroxylation is 1. The van der Waals surface area contributed by atoms with Crippen molar-refractivity contribution in [1.29, 1.82) is 0 Å². The van der Waals surface area contributed by atoms with E-state index in [2.05, 4.69) is 9.97 Å². The first-order valence-corrected chi connectivity index (χ1v) is 3.76. The van der Waals surface area contributed by atoms with E-state index in [0.29, 0.717) is 5.28 Å². The average Bonchev–Trinajstić information content (AvgIpc) is 2.31. The standard InChI is InChI=1S/C8H7ClN2.ClH/c1-5-3-2-4-6-7(5)11-8(9)10-6;/h2-4H,1H3,(H,10,11);1H. The van der Waals surface area contributed by atoms with Crippen LogP contribution in [0.3, 0.4) is 0 Å². The number of nitrogens with one attached hydrogen (secondary N) is 1. The van der Waals surface area contributed by atoms with Gasteiger partial charge in [0, 0.05) is 0 Å². The minimum absolute atomic E-state index is 0. The third-order valence-electron chi connectivity index (χ3n) is 1.69. The van der Waals surface area contributed by atoms with Crippen LogP contribution in [0.25, 0.3) is 11.0 Å². The molecule has 0 aliphatic carbocycles. The largest absolute Gasteiger partial charge is 0.329 e. The van der Waals surface area contributed by atoms with Crippen LogP contribution in [-0.2, 0) is 0 Å². The monoisotopic (exact) mass is 202 g/mol. The van der Waals surface area contributed by atoms with Gasteiger partial charge in [0.05, 0.1) is 11.0 Å². The molecule has 2 aromatic rings. The molecular formula is C8H8Cl2N2. The second-order valence-corrected chi connectivity index (χ2v) is 2.86. The minimum Gasteiger partial charge on any atom is -0.329 e. The highest BCUT2D eigenvalue weighted by Gasteiger charge is 2.00. The molecule has 64 valence electrons. The number of nitrogens with zero attached hydrogens (tertiary/aromatic N) is 1. The second-order valence-electron chi connectivity index (χ2n) is 2.50. The van der Waals surface area contributed by atoms with Crippen molar-refractivity contribution in [3.8, 4) is 0 Å². The lowest BCUT2D eigenvalue weighted by Crippen LogP contribution is -1.73. The van der Waals surface area contributed by atoms with Gasteiger partial charge in [-0.3, -0.25) is 0 Å². The number of hydrogen-bond acceptors (Lipinski definition) is 1. The molecule has 0 spiro atoms. The molecule has 0 amide bonds. The Morgan fingerprint density at radius 1 is 1.42 bits per heavy atom. The van der Waals surface area contributed by atoms with Gasteiger partial charge in [0.15, 0.2) is 0 Å². The molecule has 0 fully saturated rings. The first-order chi connectivity index (χ1) is 5.27. The van der Waals surface area contributed by atoms with E-state index in [0.717, 1.165) is 16.6 Å². The molecule has 2 rings (SSSR count). The molecule has 1 aromatic heterocycles. The fourth-order valence-corrected chi connectivity index (χ4v) is 1.33. The Bertz CT molecular complexity index is 395. The average molecular weight is 203 g/mol. The Labute approximate surface area is 81.4 Å². The van der Waals surface area contributed by atoms with Gasteiger partial charge in [0.1, 0.15) is 0 Å². The molecule has 1 heterocycles. The Morgan fingerprint density at radius 3 is 2.83 bits per heavy atom. The molecule has 0 aliphatic rings. The lowest BCUT2D eigenvalue weighted by molar-refractivity contribution is 1.34.